The normalized spacial score (nSPS) is 11.3. The van der Waals surface area contributed by atoms with Crippen LogP contribution in [0.1, 0.15) is 0 Å². The Morgan fingerprint density at radius 2 is 1.63 bits per heavy atom. The SMILES string of the molecule is Oc1cc2cccc(Br)c2cc1-c1cccc2oc(-c3ccccc3)nc12. The number of aromatic hydroxyl groups is 1. The van der Waals surface area contributed by atoms with Crippen LogP contribution in [0.5, 0.6) is 5.75 Å². The number of halogens is 1. The molecule has 5 rings (SSSR count). The number of fused-ring (bicyclic) bond motifs is 2. The summed E-state index contributed by atoms with van der Waals surface area (Å²) in [5.41, 5.74) is 3.92. The quantitative estimate of drug-likeness (QED) is 0.345. The number of hydrogen-bond donors (Lipinski definition) is 1. The predicted octanol–water partition coefficient (Wildman–Crippen LogP) is 6.78. The summed E-state index contributed by atoms with van der Waals surface area (Å²) in [4.78, 5) is 4.71. The molecule has 0 saturated carbocycles. The number of phenols is 1. The number of para-hydroxylation sites is 1. The highest BCUT2D eigenvalue weighted by Gasteiger charge is 2.16. The number of aromatic nitrogens is 1. The van der Waals surface area contributed by atoms with Gasteiger partial charge in [-0.25, -0.2) is 4.98 Å². The molecule has 0 radical (unpaired) electrons. The molecule has 1 aromatic heterocycles. The molecule has 0 spiro atoms. The first kappa shape index (κ1) is 16.1. The molecule has 0 amide bonds. The lowest BCUT2D eigenvalue weighted by atomic mass is 9.99. The Hall–Kier alpha value is -3.11. The van der Waals surface area contributed by atoms with E-state index in [1.54, 1.807) is 6.07 Å². The first-order valence-electron chi connectivity index (χ1n) is 8.57. The van der Waals surface area contributed by atoms with Crippen molar-refractivity contribution >= 4 is 37.8 Å². The van der Waals surface area contributed by atoms with E-state index in [4.69, 9.17) is 9.40 Å². The molecule has 0 fully saturated rings. The van der Waals surface area contributed by atoms with Crippen molar-refractivity contribution in [3.63, 3.8) is 0 Å². The maximum atomic E-state index is 10.7. The van der Waals surface area contributed by atoms with Gasteiger partial charge in [-0.3, -0.25) is 0 Å². The molecule has 3 nitrogen and oxygen atoms in total. The molecule has 130 valence electrons. The van der Waals surface area contributed by atoms with Crippen molar-refractivity contribution in [1.29, 1.82) is 0 Å². The highest BCUT2D eigenvalue weighted by Crippen LogP contribution is 2.39. The van der Waals surface area contributed by atoms with Gasteiger partial charge in [-0.2, -0.15) is 0 Å². The Morgan fingerprint density at radius 3 is 2.48 bits per heavy atom. The van der Waals surface area contributed by atoms with Gasteiger partial charge in [0.05, 0.1) is 0 Å². The summed E-state index contributed by atoms with van der Waals surface area (Å²) in [7, 11) is 0. The Bertz CT molecular complexity index is 1290. The van der Waals surface area contributed by atoms with Crippen LogP contribution in [0.25, 0.3) is 44.5 Å². The van der Waals surface area contributed by atoms with Gasteiger partial charge >= 0.3 is 0 Å². The second kappa shape index (κ2) is 6.25. The topological polar surface area (TPSA) is 46.3 Å². The summed E-state index contributed by atoms with van der Waals surface area (Å²) >= 11 is 3.60. The number of benzene rings is 4. The first-order valence-corrected chi connectivity index (χ1v) is 9.36. The molecule has 4 aromatic carbocycles. The summed E-state index contributed by atoms with van der Waals surface area (Å²) in [6.07, 6.45) is 0. The fraction of sp³-hybridized carbons (Fsp3) is 0. The van der Waals surface area contributed by atoms with E-state index in [0.29, 0.717) is 11.5 Å². The molecular formula is C23H14BrNO2. The number of phenolic OH excluding ortho intramolecular Hbond substituents is 1. The molecule has 0 aliphatic heterocycles. The molecular weight excluding hydrogens is 402 g/mol. The maximum absolute atomic E-state index is 10.7. The van der Waals surface area contributed by atoms with Crippen LogP contribution in [-0.4, -0.2) is 10.1 Å². The van der Waals surface area contributed by atoms with Crippen LogP contribution in [0.2, 0.25) is 0 Å². The smallest absolute Gasteiger partial charge is 0.227 e. The van der Waals surface area contributed by atoms with Crippen molar-refractivity contribution in [3.8, 4) is 28.3 Å². The lowest BCUT2D eigenvalue weighted by Gasteiger charge is -2.09. The van der Waals surface area contributed by atoms with Gasteiger partial charge in [-0.1, -0.05) is 58.4 Å². The van der Waals surface area contributed by atoms with Crippen LogP contribution in [0.15, 0.2) is 87.8 Å². The third-order valence-corrected chi connectivity index (χ3v) is 5.36. The second-order valence-corrected chi connectivity index (χ2v) is 7.22. The lowest BCUT2D eigenvalue weighted by Crippen LogP contribution is -1.84. The predicted molar refractivity (Wildman–Crippen MR) is 112 cm³/mol. The van der Waals surface area contributed by atoms with Gasteiger partial charge in [0, 0.05) is 21.2 Å². The monoisotopic (exact) mass is 415 g/mol. The summed E-state index contributed by atoms with van der Waals surface area (Å²) in [6.45, 7) is 0. The number of hydrogen-bond acceptors (Lipinski definition) is 3. The van der Waals surface area contributed by atoms with Gasteiger partial charge in [0.25, 0.3) is 0 Å². The molecule has 1 N–H and O–H groups in total. The Balaban J connectivity index is 1.76. The van der Waals surface area contributed by atoms with E-state index >= 15 is 0 Å². The Kier molecular flexibility index (Phi) is 3.73. The fourth-order valence-electron chi connectivity index (χ4n) is 3.36. The Morgan fingerprint density at radius 1 is 0.815 bits per heavy atom. The van der Waals surface area contributed by atoms with Crippen molar-refractivity contribution in [2.75, 3.05) is 0 Å². The minimum absolute atomic E-state index is 0.220. The van der Waals surface area contributed by atoms with Crippen molar-refractivity contribution in [3.05, 3.63) is 83.3 Å². The first-order chi connectivity index (χ1) is 13.2. The maximum Gasteiger partial charge on any atom is 0.227 e. The zero-order chi connectivity index (χ0) is 18.4. The lowest BCUT2D eigenvalue weighted by molar-refractivity contribution is 0.478. The third kappa shape index (κ3) is 2.69. The summed E-state index contributed by atoms with van der Waals surface area (Å²) in [6, 6.07) is 25.3. The standard InChI is InChI=1S/C23H14BrNO2/c24-19-10-4-8-15-12-20(26)18(13-17(15)19)16-9-5-11-21-22(16)25-23(27-21)14-6-2-1-3-7-14/h1-13,26H. The average Bonchev–Trinajstić information content (AvgIpc) is 3.13. The molecule has 0 aliphatic rings. The van der Waals surface area contributed by atoms with Crippen LogP contribution in [0.4, 0.5) is 0 Å². The molecule has 0 aliphatic carbocycles. The van der Waals surface area contributed by atoms with Crippen LogP contribution in [-0.2, 0) is 0 Å². The molecule has 0 atom stereocenters. The molecule has 0 bridgehead atoms. The van der Waals surface area contributed by atoms with E-state index in [-0.39, 0.29) is 5.75 Å². The van der Waals surface area contributed by atoms with Gasteiger partial charge in [-0.05, 0) is 47.2 Å². The van der Waals surface area contributed by atoms with Crippen LogP contribution in [0, 0.1) is 0 Å². The van der Waals surface area contributed by atoms with Gasteiger partial charge in [0.1, 0.15) is 11.3 Å². The highest BCUT2D eigenvalue weighted by atomic mass is 79.9. The van der Waals surface area contributed by atoms with E-state index in [1.807, 2.05) is 72.8 Å². The van der Waals surface area contributed by atoms with Gasteiger partial charge in [0.15, 0.2) is 5.58 Å². The second-order valence-electron chi connectivity index (χ2n) is 6.37. The van der Waals surface area contributed by atoms with Gasteiger partial charge in [0.2, 0.25) is 5.89 Å². The largest absolute Gasteiger partial charge is 0.507 e. The highest BCUT2D eigenvalue weighted by molar-refractivity contribution is 9.10. The summed E-state index contributed by atoms with van der Waals surface area (Å²) < 4.78 is 6.95. The average molecular weight is 416 g/mol. The zero-order valence-electron chi connectivity index (χ0n) is 14.2. The van der Waals surface area contributed by atoms with Crippen molar-refractivity contribution in [2.24, 2.45) is 0 Å². The van der Waals surface area contributed by atoms with Crippen molar-refractivity contribution in [2.45, 2.75) is 0 Å². The third-order valence-electron chi connectivity index (χ3n) is 4.67. The summed E-state index contributed by atoms with van der Waals surface area (Å²) in [5.74, 6) is 0.789. The van der Waals surface area contributed by atoms with Gasteiger partial charge < -0.3 is 9.52 Å². The van der Waals surface area contributed by atoms with E-state index < -0.39 is 0 Å². The molecule has 4 heteroatoms. The fourth-order valence-corrected chi connectivity index (χ4v) is 3.86. The molecule has 0 saturated heterocycles. The molecule has 0 unspecified atom stereocenters. The van der Waals surface area contributed by atoms with E-state index in [1.165, 1.54) is 0 Å². The minimum Gasteiger partial charge on any atom is -0.507 e. The molecule has 27 heavy (non-hydrogen) atoms. The van der Waals surface area contributed by atoms with E-state index in [9.17, 15) is 5.11 Å². The molecule has 5 aromatic rings. The van der Waals surface area contributed by atoms with E-state index in [0.717, 1.165) is 37.5 Å². The number of oxazole rings is 1. The van der Waals surface area contributed by atoms with Crippen molar-refractivity contribution in [1.82, 2.24) is 4.98 Å². The number of nitrogens with zero attached hydrogens (tertiary/aromatic N) is 1. The van der Waals surface area contributed by atoms with Crippen LogP contribution < -0.4 is 0 Å². The minimum atomic E-state index is 0.220. The Labute approximate surface area is 164 Å². The van der Waals surface area contributed by atoms with Crippen molar-refractivity contribution < 1.29 is 9.52 Å². The zero-order valence-corrected chi connectivity index (χ0v) is 15.8. The van der Waals surface area contributed by atoms with Gasteiger partial charge in [-0.15, -0.1) is 0 Å². The number of rotatable bonds is 2. The van der Waals surface area contributed by atoms with Crippen LogP contribution >= 0.6 is 15.9 Å². The molecule has 1 heterocycles. The summed E-state index contributed by atoms with van der Waals surface area (Å²) in [5, 5.41) is 12.7. The van der Waals surface area contributed by atoms with E-state index in [2.05, 4.69) is 15.9 Å². The van der Waals surface area contributed by atoms with Crippen LogP contribution in [0.3, 0.4) is 0 Å².